The molecule has 0 radical (unpaired) electrons. The van der Waals surface area contributed by atoms with Crippen molar-refractivity contribution in [3.8, 4) is 0 Å². The third kappa shape index (κ3) is 3.58. The smallest absolute Gasteiger partial charge is 0.340 e. The molecule has 1 aromatic rings. The second-order valence-corrected chi connectivity index (χ2v) is 6.22. The van der Waals surface area contributed by atoms with Crippen molar-refractivity contribution in [2.75, 3.05) is 19.7 Å². The van der Waals surface area contributed by atoms with Crippen LogP contribution in [0.5, 0.6) is 0 Å². The van der Waals surface area contributed by atoms with Gasteiger partial charge in [-0.25, -0.2) is 4.79 Å². The standard InChI is InChI=1S/C17H26N2O4/c1-5-23-17(22)14-10(2)15(18-11(14)3)16(21)19-8-6-13(7-9-19)12(4)20/h12-13,18,20H,5-9H2,1-4H3/t12-/m1/s1. The molecule has 0 aliphatic carbocycles. The Morgan fingerprint density at radius 3 is 2.48 bits per heavy atom. The fourth-order valence-corrected chi connectivity index (χ4v) is 3.22. The Kier molecular flexibility index (Phi) is 5.46. The maximum absolute atomic E-state index is 12.7. The third-order valence-corrected chi connectivity index (χ3v) is 4.64. The Morgan fingerprint density at radius 2 is 1.96 bits per heavy atom. The summed E-state index contributed by atoms with van der Waals surface area (Å²) < 4.78 is 5.06. The van der Waals surface area contributed by atoms with Gasteiger partial charge in [-0.05, 0) is 52.0 Å². The van der Waals surface area contributed by atoms with Gasteiger partial charge >= 0.3 is 5.97 Å². The molecular formula is C17H26N2O4. The number of carbonyl (C=O) groups excluding carboxylic acids is 2. The van der Waals surface area contributed by atoms with E-state index in [-0.39, 0.29) is 17.9 Å². The van der Waals surface area contributed by atoms with Crippen LogP contribution >= 0.6 is 0 Å². The fraction of sp³-hybridized carbons (Fsp3) is 0.647. The zero-order valence-electron chi connectivity index (χ0n) is 14.3. The van der Waals surface area contributed by atoms with Crippen molar-refractivity contribution in [2.24, 2.45) is 5.92 Å². The highest BCUT2D eigenvalue weighted by molar-refractivity contribution is 6.00. The van der Waals surface area contributed by atoms with Crippen LogP contribution in [-0.2, 0) is 4.74 Å². The van der Waals surface area contributed by atoms with E-state index >= 15 is 0 Å². The lowest BCUT2D eigenvalue weighted by Gasteiger charge is -2.33. The zero-order valence-corrected chi connectivity index (χ0v) is 14.3. The van der Waals surface area contributed by atoms with Crippen molar-refractivity contribution in [3.05, 3.63) is 22.5 Å². The predicted molar refractivity (Wildman–Crippen MR) is 86.5 cm³/mol. The molecule has 1 atom stereocenters. The molecule has 0 unspecified atom stereocenters. The quantitative estimate of drug-likeness (QED) is 0.831. The molecule has 23 heavy (non-hydrogen) atoms. The van der Waals surface area contributed by atoms with Gasteiger partial charge in [-0.3, -0.25) is 4.79 Å². The number of ether oxygens (including phenoxy) is 1. The van der Waals surface area contributed by atoms with Gasteiger partial charge in [0.1, 0.15) is 5.69 Å². The van der Waals surface area contributed by atoms with Crippen LogP contribution in [0, 0.1) is 19.8 Å². The van der Waals surface area contributed by atoms with Crippen LogP contribution in [0.3, 0.4) is 0 Å². The molecule has 0 saturated carbocycles. The highest BCUT2D eigenvalue weighted by Crippen LogP contribution is 2.24. The normalized spacial score (nSPS) is 17.2. The number of hydrogen-bond donors (Lipinski definition) is 2. The summed E-state index contributed by atoms with van der Waals surface area (Å²) in [4.78, 5) is 29.6. The summed E-state index contributed by atoms with van der Waals surface area (Å²) in [5.74, 6) is -0.239. The van der Waals surface area contributed by atoms with Crippen LogP contribution in [0.1, 0.15) is 58.8 Å². The number of nitrogens with zero attached hydrogens (tertiary/aromatic N) is 1. The van der Waals surface area contributed by atoms with E-state index in [0.29, 0.717) is 42.2 Å². The molecule has 1 saturated heterocycles. The number of piperidine rings is 1. The Labute approximate surface area is 136 Å². The molecule has 1 fully saturated rings. The van der Waals surface area contributed by atoms with Crippen LogP contribution in [0.4, 0.5) is 0 Å². The highest BCUT2D eigenvalue weighted by Gasteiger charge is 2.29. The van der Waals surface area contributed by atoms with Crippen LogP contribution in [0.15, 0.2) is 0 Å². The Balaban J connectivity index is 2.15. The average molecular weight is 322 g/mol. The van der Waals surface area contributed by atoms with Crippen molar-refractivity contribution in [2.45, 2.75) is 46.6 Å². The van der Waals surface area contributed by atoms with Crippen molar-refractivity contribution >= 4 is 11.9 Å². The second-order valence-electron chi connectivity index (χ2n) is 6.22. The van der Waals surface area contributed by atoms with Gasteiger partial charge in [0.2, 0.25) is 0 Å². The molecule has 0 bridgehead atoms. The number of aryl methyl sites for hydroxylation is 1. The van der Waals surface area contributed by atoms with Gasteiger partial charge in [0, 0.05) is 18.8 Å². The van der Waals surface area contributed by atoms with E-state index in [4.69, 9.17) is 4.74 Å². The number of aliphatic hydroxyl groups is 1. The van der Waals surface area contributed by atoms with Crippen molar-refractivity contribution in [1.29, 1.82) is 0 Å². The Hall–Kier alpha value is -1.82. The number of aromatic nitrogens is 1. The number of hydrogen-bond acceptors (Lipinski definition) is 4. The second kappa shape index (κ2) is 7.17. The van der Waals surface area contributed by atoms with Crippen molar-refractivity contribution in [1.82, 2.24) is 9.88 Å². The zero-order chi connectivity index (χ0) is 17.1. The molecular weight excluding hydrogens is 296 g/mol. The molecule has 2 rings (SSSR count). The number of aromatic amines is 1. The number of H-pyrrole nitrogens is 1. The van der Waals surface area contributed by atoms with Gasteiger partial charge in [-0.1, -0.05) is 0 Å². The van der Waals surface area contributed by atoms with E-state index in [9.17, 15) is 14.7 Å². The molecule has 128 valence electrons. The first-order valence-electron chi connectivity index (χ1n) is 8.20. The molecule has 6 nitrogen and oxygen atoms in total. The number of nitrogens with one attached hydrogen (secondary N) is 1. The van der Waals surface area contributed by atoms with Gasteiger partial charge < -0.3 is 19.7 Å². The first kappa shape index (κ1) is 17.5. The third-order valence-electron chi connectivity index (χ3n) is 4.64. The summed E-state index contributed by atoms with van der Waals surface area (Å²) in [6, 6.07) is 0. The van der Waals surface area contributed by atoms with Gasteiger partial charge in [0.15, 0.2) is 0 Å². The minimum atomic E-state index is -0.398. The molecule has 1 aromatic heterocycles. The fourth-order valence-electron chi connectivity index (χ4n) is 3.22. The monoisotopic (exact) mass is 322 g/mol. The number of amides is 1. The number of esters is 1. The topological polar surface area (TPSA) is 82.6 Å². The van der Waals surface area contributed by atoms with Gasteiger partial charge in [-0.15, -0.1) is 0 Å². The largest absolute Gasteiger partial charge is 0.462 e. The summed E-state index contributed by atoms with van der Waals surface area (Å²) in [6.45, 7) is 8.65. The maximum Gasteiger partial charge on any atom is 0.340 e. The summed E-state index contributed by atoms with van der Waals surface area (Å²) in [5, 5.41) is 9.65. The molecule has 6 heteroatoms. The number of rotatable bonds is 4. The minimum absolute atomic E-state index is 0.0924. The summed E-state index contributed by atoms with van der Waals surface area (Å²) in [7, 11) is 0. The molecule has 2 heterocycles. The lowest BCUT2D eigenvalue weighted by Crippen LogP contribution is -2.41. The summed E-state index contributed by atoms with van der Waals surface area (Å²) in [5.41, 5.74) is 2.21. The van der Waals surface area contributed by atoms with E-state index in [1.54, 1.807) is 32.6 Å². The van der Waals surface area contributed by atoms with E-state index < -0.39 is 5.97 Å². The molecule has 1 aliphatic rings. The van der Waals surface area contributed by atoms with Crippen LogP contribution < -0.4 is 0 Å². The van der Waals surface area contributed by atoms with Crippen LogP contribution in [-0.4, -0.2) is 52.7 Å². The van der Waals surface area contributed by atoms with Crippen LogP contribution in [0.2, 0.25) is 0 Å². The van der Waals surface area contributed by atoms with E-state index in [2.05, 4.69) is 4.98 Å². The lowest BCUT2D eigenvalue weighted by molar-refractivity contribution is 0.0517. The number of carbonyl (C=O) groups is 2. The highest BCUT2D eigenvalue weighted by atomic mass is 16.5. The van der Waals surface area contributed by atoms with Gasteiger partial charge in [0.05, 0.1) is 18.3 Å². The predicted octanol–water partition coefficient (Wildman–Crippen LogP) is 2.04. The van der Waals surface area contributed by atoms with Gasteiger partial charge in [0.25, 0.3) is 5.91 Å². The average Bonchev–Trinajstić information content (AvgIpc) is 2.81. The first-order chi connectivity index (χ1) is 10.9. The van der Waals surface area contributed by atoms with Crippen molar-refractivity contribution in [3.63, 3.8) is 0 Å². The minimum Gasteiger partial charge on any atom is -0.462 e. The SMILES string of the molecule is CCOC(=O)c1c(C)[nH]c(C(=O)N2CCC([C@@H](C)O)CC2)c1C. The van der Waals surface area contributed by atoms with E-state index in [0.717, 1.165) is 12.8 Å². The first-order valence-corrected chi connectivity index (χ1v) is 8.20. The lowest BCUT2D eigenvalue weighted by atomic mass is 9.92. The molecule has 0 aromatic carbocycles. The Bertz CT molecular complexity index is 584. The molecule has 0 spiro atoms. The summed E-state index contributed by atoms with van der Waals surface area (Å²) >= 11 is 0. The molecule has 1 amide bonds. The van der Waals surface area contributed by atoms with E-state index in [1.165, 1.54) is 0 Å². The van der Waals surface area contributed by atoms with E-state index in [1.807, 2.05) is 0 Å². The number of aliphatic hydroxyl groups excluding tert-OH is 1. The van der Waals surface area contributed by atoms with Crippen molar-refractivity contribution < 1.29 is 19.4 Å². The maximum atomic E-state index is 12.7. The Morgan fingerprint density at radius 1 is 1.35 bits per heavy atom. The number of likely N-dealkylation sites (tertiary alicyclic amines) is 1. The molecule has 2 N–H and O–H groups in total. The summed E-state index contributed by atoms with van der Waals surface area (Å²) in [6.07, 6.45) is 1.26. The van der Waals surface area contributed by atoms with Gasteiger partial charge in [-0.2, -0.15) is 0 Å². The van der Waals surface area contributed by atoms with Crippen LogP contribution in [0.25, 0.3) is 0 Å². The molecule has 1 aliphatic heterocycles.